The first-order chi connectivity index (χ1) is 17.1. The lowest BCUT2D eigenvalue weighted by Crippen LogP contribution is -2.50. The second-order valence-electron chi connectivity index (χ2n) is 9.14. The molecule has 37 heavy (non-hydrogen) atoms. The Labute approximate surface area is 209 Å². The van der Waals surface area contributed by atoms with Gasteiger partial charge in [-0.25, -0.2) is 0 Å². The first-order valence-corrected chi connectivity index (χ1v) is 11.3. The highest BCUT2D eigenvalue weighted by Gasteiger charge is 2.40. The van der Waals surface area contributed by atoms with E-state index in [0.29, 0.717) is 17.7 Å². The van der Waals surface area contributed by atoms with Crippen LogP contribution < -0.4 is 5.73 Å². The van der Waals surface area contributed by atoms with E-state index in [4.69, 9.17) is 5.73 Å². The normalized spacial score (nSPS) is 18.4. The van der Waals surface area contributed by atoms with Crippen molar-refractivity contribution in [2.24, 2.45) is 11.7 Å². The molecule has 2 N–H and O–H groups in total. The van der Waals surface area contributed by atoms with Gasteiger partial charge in [0.15, 0.2) is 0 Å². The highest BCUT2D eigenvalue weighted by Crippen LogP contribution is 2.38. The van der Waals surface area contributed by atoms with Gasteiger partial charge in [-0.15, -0.1) is 0 Å². The quantitative estimate of drug-likeness (QED) is 0.478. The number of hydrogen-bond acceptors (Lipinski definition) is 3. The standard InChI is InChI=1S/C25H25F6N3O3/c1-14-4-3-5-16(8-14)20-13-34(23(37)21(32)35)7-6-19(20)22(36)33(2)12-15-9-17(24(26,27)28)11-18(10-15)25(29,30)31/h3-5,8-11,19-20H,6-7,12-13H2,1-2H3,(H2,32,35)/t19-,20-/m0/s1. The predicted octanol–water partition coefficient (Wildman–Crippen LogP) is 4.11. The summed E-state index contributed by atoms with van der Waals surface area (Å²) in [7, 11) is 1.30. The Morgan fingerprint density at radius 3 is 2.11 bits per heavy atom. The van der Waals surface area contributed by atoms with Crippen LogP contribution in [0.5, 0.6) is 0 Å². The van der Waals surface area contributed by atoms with Crippen LogP contribution in [0.15, 0.2) is 42.5 Å². The van der Waals surface area contributed by atoms with Crippen molar-refractivity contribution in [2.75, 3.05) is 20.1 Å². The number of benzene rings is 2. The minimum absolute atomic E-state index is 0.00272. The lowest BCUT2D eigenvalue weighted by Gasteiger charge is -2.39. The van der Waals surface area contributed by atoms with Crippen molar-refractivity contribution in [2.45, 2.75) is 38.2 Å². The molecule has 0 aliphatic carbocycles. The van der Waals surface area contributed by atoms with Gasteiger partial charge in [0.25, 0.3) is 0 Å². The first kappa shape index (κ1) is 28.0. The minimum atomic E-state index is -5.01. The van der Waals surface area contributed by atoms with Gasteiger partial charge in [-0.05, 0) is 42.7 Å². The summed E-state index contributed by atoms with van der Waals surface area (Å²) in [4.78, 5) is 39.4. The van der Waals surface area contributed by atoms with Crippen molar-refractivity contribution in [3.63, 3.8) is 0 Å². The van der Waals surface area contributed by atoms with Crippen molar-refractivity contribution in [3.05, 3.63) is 70.3 Å². The zero-order valence-corrected chi connectivity index (χ0v) is 20.0. The molecule has 12 heteroatoms. The molecule has 2 atom stereocenters. The Hall–Kier alpha value is -3.57. The molecule has 0 radical (unpaired) electrons. The number of alkyl halides is 6. The molecule has 0 spiro atoms. The van der Waals surface area contributed by atoms with Gasteiger partial charge in [-0.2, -0.15) is 26.3 Å². The number of amides is 3. The third kappa shape index (κ3) is 6.60. The van der Waals surface area contributed by atoms with Gasteiger partial charge in [-0.3, -0.25) is 14.4 Å². The van der Waals surface area contributed by atoms with Crippen molar-refractivity contribution in [1.29, 1.82) is 0 Å². The number of piperidine rings is 1. The number of nitrogens with two attached hydrogens (primary N) is 1. The molecule has 2 aromatic carbocycles. The molecule has 1 fully saturated rings. The van der Waals surface area contributed by atoms with Gasteiger partial charge in [0.2, 0.25) is 5.91 Å². The van der Waals surface area contributed by atoms with Crippen molar-refractivity contribution in [1.82, 2.24) is 9.80 Å². The summed E-state index contributed by atoms with van der Waals surface area (Å²) in [5, 5.41) is 0. The van der Waals surface area contributed by atoms with Crippen LogP contribution in [-0.4, -0.2) is 47.7 Å². The van der Waals surface area contributed by atoms with E-state index in [1.54, 1.807) is 12.1 Å². The fraction of sp³-hybridized carbons (Fsp3) is 0.400. The minimum Gasteiger partial charge on any atom is -0.361 e. The van der Waals surface area contributed by atoms with E-state index in [1.165, 1.54) is 11.9 Å². The number of likely N-dealkylation sites (tertiary alicyclic amines) is 1. The van der Waals surface area contributed by atoms with E-state index < -0.39 is 59.6 Å². The van der Waals surface area contributed by atoms with Gasteiger partial charge in [0.1, 0.15) is 0 Å². The second-order valence-corrected chi connectivity index (χ2v) is 9.14. The van der Waals surface area contributed by atoms with E-state index in [1.807, 2.05) is 19.1 Å². The maximum atomic E-state index is 13.4. The summed E-state index contributed by atoms with van der Waals surface area (Å²) in [6, 6.07) is 8.35. The molecule has 1 aliphatic heterocycles. The van der Waals surface area contributed by atoms with E-state index in [-0.39, 0.29) is 31.1 Å². The molecule has 1 aliphatic rings. The fourth-order valence-corrected chi connectivity index (χ4v) is 4.57. The second kappa shape index (κ2) is 10.4. The molecule has 0 bridgehead atoms. The van der Waals surface area contributed by atoms with E-state index in [9.17, 15) is 40.7 Å². The van der Waals surface area contributed by atoms with Crippen LogP contribution in [0.4, 0.5) is 26.3 Å². The molecule has 0 saturated carbocycles. The van der Waals surface area contributed by atoms with Crippen LogP contribution in [0, 0.1) is 12.8 Å². The molecule has 2 aromatic rings. The number of carbonyl (C=O) groups excluding carboxylic acids is 3. The predicted molar refractivity (Wildman–Crippen MR) is 121 cm³/mol. The van der Waals surface area contributed by atoms with E-state index in [0.717, 1.165) is 10.5 Å². The molecule has 3 rings (SSSR count). The monoisotopic (exact) mass is 529 g/mol. The Kier molecular flexibility index (Phi) is 7.89. The van der Waals surface area contributed by atoms with E-state index >= 15 is 0 Å². The maximum Gasteiger partial charge on any atom is 0.416 e. The van der Waals surface area contributed by atoms with Crippen molar-refractivity contribution < 1.29 is 40.7 Å². The van der Waals surface area contributed by atoms with Crippen molar-refractivity contribution in [3.8, 4) is 0 Å². The third-order valence-electron chi connectivity index (χ3n) is 6.34. The van der Waals surface area contributed by atoms with Crippen LogP contribution in [0.1, 0.15) is 40.2 Å². The molecule has 0 aromatic heterocycles. The number of primary amides is 1. The zero-order valence-electron chi connectivity index (χ0n) is 20.0. The van der Waals surface area contributed by atoms with Crippen LogP contribution in [0.2, 0.25) is 0 Å². The smallest absolute Gasteiger partial charge is 0.361 e. The fourth-order valence-electron chi connectivity index (χ4n) is 4.57. The maximum absolute atomic E-state index is 13.4. The number of hydrogen-bond donors (Lipinski definition) is 1. The molecule has 3 amide bonds. The van der Waals surface area contributed by atoms with Gasteiger partial charge < -0.3 is 15.5 Å². The average molecular weight is 529 g/mol. The highest BCUT2D eigenvalue weighted by molar-refractivity contribution is 6.34. The number of halogens is 6. The number of carbonyl (C=O) groups is 3. The van der Waals surface area contributed by atoms with E-state index in [2.05, 4.69) is 0 Å². The highest BCUT2D eigenvalue weighted by atomic mass is 19.4. The first-order valence-electron chi connectivity index (χ1n) is 11.3. The van der Waals surface area contributed by atoms with Crippen LogP contribution in [0.3, 0.4) is 0 Å². The van der Waals surface area contributed by atoms with Crippen molar-refractivity contribution >= 4 is 17.7 Å². The van der Waals surface area contributed by atoms with Gasteiger partial charge in [0, 0.05) is 38.5 Å². The summed E-state index contributed by atoms with van der Waals surface area (Å²) in [6.07, 6.45) is -9.89. The van der Waals surface area contributed by atoms with Gasteiger partial charge in [-0.1, -0.05) is 29.8 Å². The lowest BCUT2D eigenvalue weighted by atomic mass is 9.79. The number of nitrogens with zero attached hydrogens (tertiary/aromatic N) is 2. The largest absolute Gasteiger partial charge is 0.416 e. The molecule has 1 heterocycles. The van der Waals surface area contributed by atoms with Gasteiger partial charge in [0.05, 0.1) is 11.1 Å². The van der Waals surface area contributed by atoms with Crippen LogP contribution in [0.25, 0.3) is 0 Å². The molecule has 200 valence electrons. The summed E-state index contributed by atoms with van der Waals surface area (Å²) in [5.74, 6) is -3.87. The molecule has 6 nitrogen and oxygen atoms in total. The number of aryl methyl sites for hydroxylation is 1. The molecular weight excluding hydrogens is 504 g/mol. The summed E-state index contributed by atoms with van der Waals surface area (Å²) in [5.41, 5.74) is 3.44. The SMILES string of the molecule is Cc1cccc([C@@H]2CN(C(=O)C(N)=O)CC[C@@H]2C(=O)N(C)Cc2cc(C(F)(F)F)cc(C(F)(F)F)c2)c1. The Balaban J connectivity index is 1.91. The molecular formula is C25H25F6N3O3. The van der Waals surface area contributed by atoms with Crippen LogP contribution in [-0.2, 0) is 33.3 Å². The third-order valence-corrected chi connectivity index (χ3v) is 6.34. The Morgan fingerprint density at radius 2 is 1.59 bits per heavy atom. The molecule has 0 unspecified atom stereocenters. The van der Waals surface area contributed by atoms with Gasteiger partial charge >= 0.3 is 24.2 Å². The lowest BCUT2D eigenvalue weighted by molar-refractivity contribution is -0.147. The van der Waals surface area contributed by atoms with Crippen LogP contribution >= 0.6 is 0 Å². The summed E-state index contributed by atoms with van der Waals surface area (Å²) >= 11 is 0. The summed E-state index contributed by atoms with van der Waals surface area (Å²) < 4.78 is 79.4. The Bertz CT molecular complexity index is 1160. The Morgan fingerprint density at radius 1 is 1.00 bits per heavy atom. The molecule has 1 saturated heterocycles. The topological polar surface area (TPSA) is 83.7 Å². The number of rotatable bonds is 4. The zero-order chi connectivity index (χ0) is 27.7. The summed E-state index contributed by atoms with van der Waals surface area (Å²) in [6.45, 7) is 1.37. The average Bonchev–Trinajstić information content (AvgIpc) is 2.81.